The Kier molecular flexibility index (Phi) is 2.29. The first-order valence-electron chi connectivity index (χ1n) is 3.76. The maximum atomic E-state index is 5.71. The molecule has 1 aliphatic carbocycles. The van der Waals surface area contributed by atoms with Gasteiger partial charge in [0.05, 0.1) is 0 Å². The molecule has 0 saturated heterocycles. The number of rotatable bonds is 1. The lowest BCUT2D eigenvalue weighted by Crippen LogP contribution is -2.21. The first kappa shape index (κ1) is 6.81. The molecule has 1 atom stereocenters. The van der Waals surface area contributed by atoms with E-state index in [4.69, 9.17) is 5.73 Å². The van der Waals surface area contributed by atoms with E-state index >= 15 is 0 Å². The minimum absolute atomic E-state index is 0.445. The molecule has 0 heterocycles. The molecule has 1 nitrogen and oxygen atoms in total. The zero-order valence-electron chi connectivity index (χ0n) is 6.06. The highest BCUT2D eigenvalue weighted by Gasteiger charge is 2.07. The van der Waals surface area contributed by atoms with Crippen molar-refractivity contribution in [3.05, 3.63) is 11.6 Å². The summed E-state index contributed by atoms with van der Waals surface area (Å²) in [7, 11) is 0. The zero-order chi connectivity index (χ0) is 6.69. The maximum Gasteiger partial charge on any atom is 0.00765 e. The van der Waals surface area contributed by atoms with Gasteiger partial charge in [-0.3, -0.25) is 0 Å². The van der Waals surface area contributed by atoms with Gasteiger partial charge in [-0.05, 0) is 25.7 Å². The van der Waals surface area contributed by atoms with Gasteiger partial charge in [0, 0.05) is 6.04 Å². The van der Waals surface area contributed by atoms with Crippen LogP contribution in [0.4, 0.5) is 0 Å². The van der Waals surface area contributed by atoms with Gasteiger partial charge >= 0.3 is 0 Å². The second kappa shape index (κ2) is 3.02. The first-order chi connectivity index (χ1) is 4.33. The molecule has 0 aliphatic heterocycles. The minimum atomic E-state index is 0.445. The van der Waals surface area contributed by atoms with E-state index in [2.05, 4.69) is 13.0 Å². The van der Waals surface area contributed by atoms with Crippen LogP contribution in [0.1, 0.15) is 32.6 Å². The number of hydrogen-bond acceptors (Lipinski definition) is 1. The third-order valence-electron chi connectivity index (χ3n) is 2.00. The third-order valence-corrected chi connectivity index (χ3v) is 2.00. The van der Waals surface area contributed by atoms with Crippen LogP contribution < -0.4 is 5.73 Å². The molecule has 2 N–H and O–H groups in total. The minimum Gasteiger partial charge on any atom is -0.327 e. The average Bonchev–Trinajstić information content (AvgIpc) is 1.90. The van der Waals surface area contributed by atoms with Crippen LogP contribution in [-0.2, 0) is 0 Å². The van der Waals surface area contributed by atoms with Crippen LogP contribution in [0.25, 0.3) is 0 Å². The fraction of sp³-hybridized carbons (Fsp3) is 0.750. The van der Waals surface area contributed by atoms with Crippen molar-refractivity contribution in [3.63, 3.8) is 0 Å². The van der Waals surface area contributed by atoms with Crippen molar-refractivity contribution in [1.29, 1.82) is 0 Å². The molecule has 1 rings (SSSR count). The van der Waals surface area contributed by atoms with Crippen molar-refractivity contribution in [3.8, 4) is 0 Å². The van der Waals surface area contributed by atoms with Crippen molar-refractivity contribution in [2.75, 3.05) is 0 Å². The molecule has 0 fully saturated rings. The Morgan fingerprint density at radius 1 is 1.78 bits per heavy atom. The van der Waals surface area contributed by atoms with E-state index in [0.717, 1.165) is 6.42 Å². The highest BCUT2D eigenvalue weighted by molar-refractivity contribution is 5.06. The maximum absolute atomic E-state index is 5.71. The molecule has 0 aromatic carbocycles. The summed E-state index contributed by atoms with van der Waals surface area (Å²) in [6.07, 6.45) is 7.04. The van der Waals surface area contributed by atoms with Crippen LogP contribution in [0.5, 0.6) is 0 Å². The number of nitrogens with two attached hydrogens (primary N) is 1. The average molecular weight is 125 g/mol. The van der Waals surface area contributed by atoms with Crippen molar-refractivity contribution in [2.45, 2.75) is 38.6 Å². The van der Waals surface area contributed by atoms with Crippen LogP contribution >= 0.6 is 0 Å². The summed E-state index contributed by atoms with van der Waals surface area (Å²) in [5.74, 6) is 0. The Hall–Kier alpha value is -0.300. The normalized spacial score (nSPS) is 27.8. The SMILES string of the molecule is CCC1=CCC(N)CC1. The molecular weight excluding hydrogens is 110 g/mol. The van der Waals surface area contributed by atoms with Crippen LogP contribution in [-0.4, -0.2) is 6.04 Å². The molecule has 0 spiro atoms. The fourth-order valence-electron chi connectivity index (χ4n) is 1.23. The Bertz CT molecular complexity index is 116. The van der Waals surface area contributed by atoms with Gasteiger partial charge < -0.3 is 5.73 Å². The first-order valence-corrected chi connectivity index (χ1v) is 3.76. The van der Waals surface area contributed by atoms with E-state index < -0.39 is 0 Å². The summed E-state index contributed by atoms with van der Waals surface area (Å²) < 4.78 is 0. The van der Waals surface area contributed by atoms with E-state index in [0.29, 0.717) is 6.04 Å². The lowest BCUT2D eigenvalue weighted by molar-refractivity contribution is 0.581. The molecule has 0 radical (unpaired) electrons. The molecular formula is C8H15N. The molecule has 1 unspecified atom stereocenters. The Balaban J connectivity index is 2.40. The summed E-state index contributed by atoms with van der Waals surface area (Å²) in [4.78, 5) is 0. The van der Waals surface area contributed by atoms with Gasteiger partial charge in [0.1, 0.15) is 0 Å². The summed E-state index contributed by atoms with van der Waals surface area (Å²) in [5, 5.41) is 0. The van der Waals surface area contributed by atoms with Crippen molar-refractivity contribution in [1.82, 2.24) is 0 Å². The van der Waals surface area contributed by atoms with Crippen LogP contribution in [0.15, 0.2) is 11.6 Å². The molecule has 0 amide bonds. The van der Waals surface area contributed by atoms with Gasteiger partial charge in [-0.1, -0.05) is 18.6 Å². The quantitative estimate of drug-likeness (QED) is 0.532. The summed E-state index contributed by atoms with van der Waals surface area (Å²) in [5.41, 5.74) is 7.30. The summed E-state index contributed by atoms with van der Waals surface area (Å²) in [6, 6.07) is 0.445. The largest absolute Gasteiger partial charge is 0.327 e. The highest BCUT2D eigenvalue weighted by atomic mass is 14.6. The van der Waals surface area contributed by atoms with Gasteiger partial charge in [-0.2, -0.15) is 0 Å². The van der Waals surface area contributed by atoms with Gasteiger partial charge in [-0.25, -0.2) is 0 Å². The Morgan fingerprint density at radius 2 is 2.56 bits per heavy atom. The van der Waals surface area contributed by atoms with Gasteiger partial charge in [0.2, 0.25) is 0 Å². The molecule has 0 saturated carbocycles. The number of allylic oxidation sites excluding steroid dienone is 1. The van der Waals surface area contributed by atoms with Crippen molar-refractivity contribution in [2.24, 2.45) is 5.73 Å². The lowest BCUT2D eigenvalue weighted by Gasteiger charge is -2.16. The molecule has 0 bridgehead atoms. The lowest BCUT2D eigenvalue weighted by atomic mass is 9.95. The topological polar surface area (TPSA) is 26.0 Å². The summed E-state index contributed by atoms with van der Waals surface area (Å²) >= 11 is 0. The Labute approximate surface area is 56.9 Å². The second-order valence-electron chi connectivity index (χ2n) is 2.75. The molecule has 0 aromatic heterocycles. The van der Waals surface area contributed by atoms with E-state index in [1.54, 1.807) is 5.57 Å². The monoisotopic (exact) mass is 125 g/mol. The van der Waals surface area contributed by atoms with Crippen molar-refractivity contribution < 1.29 is 0 Å². The Morgan fingerprint density at radius 3 is 3.00 bits per heavy atom. The predicted molar refractivity (Wildman–Crippen MR) is 40.2 cm³/mol. The highest BCUT2D eigenvalue weighted by Crippen LogP contribution is 2.18. The van der Waals surface area contributed by atoms with Gasteiger partial charge in [-0.15, -0.1) is 0 Å². The third kappa shape index (κ3) is 1.83. The van der Waals surface area contributed by atoms with E-state index in [9.17, 15) is 0 Å². The molecule has 1 heteroatoms. The zero-order valence-corrected chi connectivity index (χ0v) is 6.06. The smallest absolute Gasteiger partial charge is 0.00765 e. The van der Waals surface area contributed by atoms with Gasteiger partial charge in [0.25, 0.3) is 0 Å². The molecule has 0 aromatic rings. The van der Waals surface area contributed by atoms with E-state index in [1.165, 1.54) is 19.3 Å². The van der Waals surface area contributed by atoms with E-state index in [-0.39, 0.29) is 0 Å². The predicted octanol–water partition coefficient (Wildman–Crippen LogP) is 1.83. The number of hydrogen-bond donors (Lipinski definition) is 1. The molecule has 52 valence electrons. The fourth-order valence-corrected chi connectivity index (χ4v) is 1.23. The standard InChI is InChI=1S/C8H15N/c1-2-7-3-5-8(9)6-4-7/h3,8H,2,4-6,9H2,1H3. The van der Waals surface area contributed by atoms with Crippen LogP contribution in [0.3, 0.4) is 0 Å². The van der Waals surface area contributed by atoms with Crippen molar-refractivity contribution >= 4 is 0 Å². The van der Waals surface area contributed by atoms with Gasteiger partial charge in [0.15, 0.2) is 0 Å². The van der Waals surface area contributed by atoms with Crippen LogP contribution in [0, 0.1) is 0 Å². The van der Waals surface area contributed by atoms with Crippen LogP contribution in [0.2, 0.25) is 0 Å². The van der Waals surface area contributed by atoms with E-state index in [1.807, 2.05) is 0 Å². The molecule has 9 heavy (non-hydrogen) atoms. The molecule has 1 aliphatic rings. The second-order valence-corrected chi connectivity index (χ2v) is 2.75. The summed E-state index contributed by atoms with van der Waals surface area (Å²) in [6.45, 7) is 2.21.